The molecule has 4 aromatic rings. The van der Waals surface area contributed by atoms with Gasteiger partial charge in [-0.05, 0) is 50.2 Å². The van der Waals surface area contributed by atoms with Crippen molar-refractivity contribution >= 4 is 28.7 Å². The number of nitrogens with one attached hydrogen (secondary N) is 1. The highest BCUT2D eigenvalue weighted by molar-refractivity contribution is 7.13. The normalized spacial score (nSPS) is 16.5. The lowest BCUT2D eigenvalue weighted by Gasteiger charge is -2.35. The summed E-state index contributed by atoms with van der Waals surface area (Å²) in [6.45, 7) is 7.76. The zero-order chi connectivity index (χ0) is 25.5. The van der Waals surface area contributed by atoms with E-state index in [1.54, 1.807) is 16.3 Å². The predicted octanol–water partition coefficient (Wildman–Crippen LogP) is 2.84. The van der Waals surface area contributed by atoms with Gasteiger partial charge in [-0.3, -0.25) is 4.79 Å². The van der Waals surface area contributed by atoms with E-state index in [9.17, 15) is 4.79 Å². The molecule has 0 bridgehead atoms. The third-order valence-corrected chi connectivity index (χ3v) is 7.57. The highest BCUT2D eigenvalue weighted by Gasteiger charge is 2.27. The molecule has 2 fully saturated rings. The molecule has 1 aliphatic carbocycles. The van der Waals surface area contributed by atoms with Crippen LogP contribution in [0.3, 0.4) is 0 Å². The number of rotatable bonds is 7. The van der Waals surface area contributed by atoms with E-state index < -0.39 is 0 Å². The first kappa shape index (κ1) is 23.7. The Morgan fingerprint density at radius 3 is 2.70 bits per heavy atom. The number of likely N-dealkylation sites (N-methyl/N-ethyl adjacent to an activating group) is 1. The first-order valence-corrected chi connectivity index (χ1v) is 13.4. The van der Waals surface area contributed by atoms with Crippen molar-refractivity contribution in [1.29, 1.82) is 0 Å². The number of thiazole rings is 1. The summed E-state index contributed by atoms with van der Waals surface area (Å²) in [4.78, 5) is 31.6. The van der Waals surface area contributed by atoms with Crippen LogP contribution >= 0.6 is 11.3 Å². The van der Waals surface area contributed by atoms with Crippen molar-refractivity contribution in [2.75, 3.05) is 43.4 Å². The summed E-state index contributed by atoms with van der Waals surface area (Å²) in [6, 6.07) is 1.94. The van der Waals surface area contributed by atoms with Gasteiger partial charge in [-0.25, -0.2) is 19.6 Å². The summed E-state index contributed by atoms with van der Waals surface area (Å²) < 4.78 is 3.73. The summed E-state index contributed by atoms with van der Waals surface area (Å²) in [5.41, 5.74) is 3.32. The minimum Gasteiger partial charge on any atom is -0.366 e. The van der Waals surface area contributed by atoms with Gasteiger partial charge in [-0.15, -0.1) is 16.4 Å². The molecule has 5 heterocycles. The molecule has 37 heavy (non-hydrogen) atoms. The van der Waals surface area contributed by atoms with Crippen molar-refractivity contribution in [3.05, 3.63) is 41.6 Å². The molecule has 1 saturated heterocycles. The van der Waals surface area contributed by atoms with Gasteiger partial charge in [-0.1, -0.05) is 0 Å². The molecule has 4 aromatic heterocycles. The standard InChI is InChI=1S/C24H29N11OS/c1-15(2)35-22(29-30-31-35)24-28-21(13-37-24)27-23(36)17-10-19(34-12-18(26-14-34)16-4-5-16)20(11-25-17)33-8-6-32(3)7-9-33/h10-16H,4-9H2,1-3H3,(H,27,36). The van der Waals surface area contributed by atoms with Crippen LogP contribution in [-0.2, 0) is 0 Å². The number of aromatic nitrogens is 8. The second-order valence-electron chi connectivity index (χ2n) is 9.86. The molecule has 1 N–H and O–H groups in total. The molecule has 2 aliphatic rings. The molecule has 12 nitrogen and oxygen atoms in total. The van der Waals surface area contributed by atoms with E-state index in [4.69, 9.17) is 0 Å². The number of tetrazole rings is 1. The number of piperazine rings is 1. The number of carbonyl (C=O) groups excluding carboxylic acids is 1. The summed E-state index contributed by atoms with van der Waals surface area (Å²) >= 11 is 1.38. The van der Waals surface area contributed by atoms with Crippen LogP contribution in [0.4, 0.5) is 11.5 Å². The molecule has 1 amide bonds. The van der Waals surface area contributed by atoms with Crippen LogP contribution in [0, 0.1) is 0 Å². The monoisotopic (exact) mass is 519 g/mol. The lowest BCUT2D eigenvalue weighted by atomic mass is 10.2. The topological polar surface area (TPSA) is 123 Å². The van der Waals surface area contributed by atoms with Gasteiger partial charge in [0.25, 0.3) is 5.91 Å². The fraction of sp³-hybridized carbons (Fsp3) is 0.458. The Morgan fingerprint density at radius 2 is 1.95 bits per heavy atom. The van der Waals surface area contributed by atoms with Crippen LogP contribution in [0.15, 0.2) is 30.2 Å². The molecule has 0 aromatic carbocycles. The third-order valence-electron chi connectivity index (χ3n) is 6.73. The first-order valence-electron chi connectivity index (χ1n) is 12.5. The number of pyridine rings is 1. The fourth-order valence-corrected chi connectivity index (χ4v) is 5.14. The number of amides is 1. The molecule has 192 valence electrons. The molecular formula is C24H29N11OS. The maximum absolute atomic E-state index is 13.2. The van der Waals surface area contributed by atoms with Crippen molar-refractivity contribution in [3.63, 3.8) is 0 Å². The average molecular weight is 520 g/mol. The third kappa shape index (κ3) is 4.83. The van der Waals surface area contributed by atoms with Crippen LogP contribution in [0.25, 0.3) is 16.5 Å². The quantitative estimate of drug-likeness (QED) is 0.393. The Bertz CT molecular complexity index is 1410. The minimum atomic E-state index is -0.325. The van der Waals surface area contributed by atoms with Crippen molar-refractivity contribution in [1.82, 2.24) is 44.6 Å². The molecule has 0 unspecified atom stereocenters. The largest absolute Gasteiger partial charge is 0.366 e. The Kier molecular flexibility index (Phi) is 6.16. The van der Waals surface area contributed by atoms with Gasteiger partial charge in [0.15, 0.2) is 5.01 Å². The van der Waals surface area contributed by atoms with E-state index >= 15 is 0 Å². The fourth-order valence-electron chi connectivity index (χ4n) is 4.42. The molecular weight excluding hydrogens is 490 g/mol. The number of carbonyl (C=O) groups is 1. The zero-order valence-corrected chi connectivity index (χ0v) is 21.9. The van der Waals surface area contributed by atoms with Gasteiger partial charge in [0, 0.05) is 43.7 Å². The second kappa shape index (κ2) is 9.63. The highest BCUT2D eigenvalue weighted by Crippen LogP contribution is 2.39. The number of hydrogen-bond acceptors (Lipinski definition) is 10. The van der Waals surface area contributed by atoms with Gasteiger partial charge in [0.2, 0.25) is 5.82 Å². The van der Waals surface area contributed by atoms with Crippen LogP contribution in [0.2, 0.25) is 0 Å². The second-order valence-corrected chi connectivity index (χ2v) is 10.7. The molecule has 1 aliphatic heterocycles. The molecule has 0 spiro atoms. The van der Waals surface area contributed by atoms with E-state index in [0.717, 1.165) is 43.2 Å². The van der Waals surface area contributed by atoms with Crippen molar-refractivity contribution in [2.24, 2.45) is 0 Å². The van der Waals surface area contributed by atoms with Crippen molar-refractivity contribution < 1.29 is 4.79 Å². The smallest absolute Gasteiger partial charge is 0.275 e. The average Bonchev–Trinajstić information content (AvgIpc) is 3.27. The zero-order valence-electron chi connectivity index (χ0n) is 21.1. The summed E-state index contributed by atoms with van der Waals surface area (Å²) in [5.74, 6) is 1.24. The Labute approximate surface area is 218 Å². The molecule has 0 radical (unpaired) electrons. The number of nitrogens with zero attached hydrogens (tertiary/aromatic N) is 10. The van der Waals surface area contributed by atoms with Crippen LogP contribution in [0.1, 0.15) is 54.8 Å². The lowest BCUT2D eigenvalue weighted by molar-refractivity contribution is 0.102. The Balaban J connectivity index is 1.27. The summed E-state index contributed by atoms with van der Waals surface area (Å²) in [6.07, 6.45) is 8.10. The molecule has 6 rings (SSSR count). The number of anilines is 2. The van der Waals surface area contributed by atoms with Crippen LogP contribution in [0.5, 0.6) is 0 Å². The Morgan fingerprint density at radius 1 is 1.14 bits per heavy atom. The van der Waals surface area contributed by atoms with E-state index in [2.05, 4.69) is 58.8 Å². The SMILES string of the molecule is CC(C)n1nnnc1-c1nc(NC(=O)c2cc(-n3cnc(C4CC4)c3)c(N3CCN(C)CC3)cn2)cs1. The van der Waals surface area contributed by atoms with Gasteiger partial charge < -0.3 is 19.7 Å². The lowest BCUT2D eigenvalue weighted by Crippen LogP contribution is -2.44. The highest BCUT2D eigenvalue weighted by atomic mass is 32.1. The summed E-state index contributed by atoms with van der Waals surface area (Å²) in [5, 5.41) is 17.2. The molecule has 1 saturated carbocycles. The maximum atomic E-state index is 13.2. The van der Waals surface area contributed by atoms with Gasteiger partial charge in [-0.2, -0.15) is 0 Å². The van der Waals surface area contributed by atoms with Crippen LogP contribution in [-0.4, -0.2) is 83.8 Å². The first-order chi connectivity index (χ1) is 18.0. The summed E-state index contributed by atoms with van der Waals surface area (Å²) in [7, 11) is 2.13. The molecule has 13 heteroatoms. The predicted molar refractivity (Wildman–Crippen MR) is 140 cm³/mol. The van der Waals surface area contributed by atoms with Crippen molar-refractivity contribution in [3.8, 4) is 16.5 Å². The maximum Gasteiger partial charge on any atom is 0.275 e. The molecule has 0 atom stereocenters. The van der Waals surface area contributed by atoms with E-state index in [1.807, 2.05) is 30.8 Å². The van der Waals surface area contributed by atoms with E-state index in [1.165, 1.54) is 24.2 Å². The Hall–Kier alpha value is -3.71. The van der Waals surface area contributed by atoms with Gasteiger partial charge in [0.1, 0.15) is 11.5 Å². The van der Waals surface area contributed by atoms with Gasteiger partial charge >= 0.3 is 0 Å². The number of imidazole rings is 1. The van der Waals surface area contributed by atoms with E-state index in [-0.39, 0.29) is 11.9 Å². The van der Waals surface area contributed by atoms with E-state index in [0.29, 0.717) is 28.3 Å². The minimum absolute atomic E-state index is 0.0944. The van der Waals surface area contributed by atoms with Crippen molar-refractivity contribution in [2.45, 2.75) is 38.6 Å². The number of hydrogen-bond donors (Lipinski definition) is 1. The van der Waals surface area contributed by atoms with Crippen LogP contribution < -0.4 is 10.2 Å². The van der Waals surface area contributed by atoms with Gasteiger partial charge in [0.05, 0.1) is 35.6 Å².